The van der Waals surface area contributed by atoms with Gasteiger partial charge in [-0.2, -0.15) is 0 Å². The molecule has 120 valence electrons. The number of nitrogens with one attached hydrogen (secondary N) is 1. The number of pyridine rings is 1. The number of anilines is 2. The molecule has 23 heavy (non-hydrogen) atoms. The predicted molar refractivity (Wildman–Crippen MR) is 87.4 cm³/mol. The second-order valence-electron chi connectivity index (χ2n) is 6.17. The maximum atomic E-state index is 5.67. The molecule has 2 aromatic heterocycles. The number of hydrogen-bond donors (Lipinski definition) is 1. The van der Waals surface area contributed by atoms with Gasteiger partial charge in [0.05, 0.1) is 19.3 Å². The summed E-state index contributed by atoms with van der Waals surface area (Å²) in [5.74, 6) is 3.23. The lowest BCUT2D eigenvalue weighted by Gasteiger charge is -2.34. The fraction of sp³-hybridized carbons (Fsp3) is 0.471. The van der Waals surface area contributed by atoms with Crippen LogP contribution in [0, 0.1) is 5.92 Å². The van der Waals surface area contributed by atoms with E-state index in [1.54, 1.807) is 12.4 Å². The molecule has 2 fully saturated rings. The number of hydrogen-bond acceptors (Lipinski definition) is 6. The van der Waals surface area contributed by atoms with Gasteiger partial charge < -0.3 is 10.1 Å². The summed E-state index contributed by atoms with van der Waals surface area (Å²) in [4.78, 5) is 15.9. The minimum Gasteiger partial charge on any atom is -0.378 e. The fourth-order valence-electron chi connectivity index (χ4n) is 2.90. The number of aromatic nitrogens is 3. The van der Waals surface area contributed by atoms with Gasteiger partial charge in [0.1, 0.15) is 17.5 Å². The van der Waals surface area contributed by atoms with E-state index in [-0.39, 0.29) is 6.04 Å². The summed E-state index contributed by atoms with van der Waals surface area (Å²) in [5.41, 5.74) is 0. The van der Waals surface area contributed by atoms with Crippen molar-refractivity contribution >= 4 is 11.6 Å². The Morgan fingerprint density at radius 3 is 2.91 bits per heavy atom. The third-order valence-corrected chi connectivity index (χ3v) is 4.32. The van der Waals surface area contributed by atoms with Gasteiger partial charge in [-0.05, 0) is 37.0 Å². The van der Waals surface area contributed by atoms with E-state index >= 15 is 0 Å². The van der Waals surface area contributed by atoms with E-state index in [9.17, 15) is 0 Å². The van der Waals surface area contributed by atoms with E-state index in [1.165, 1.54) is 12.8 Å². The van der Waals surface area contributed by atoms with Crippen molar-refractivity contribution in [2.45, 2.75) is 18.9 Å². The summed E-state index contributed by atoms with van der Waals surface area (Å²) >= 11 is 0. The molecule has 6 nitrogen and oxygen atoms in total. The SMILES string of the molecule is c1ccc(Nc2ccnc([C@@H]3COCCN3CC3CC3)n2)nc1. The monoisotopic (exact) mass is 311 g/mol. The molecule has 0 amide bonds. The smallest absolute Gasteiger partial charge is 0.150 e. The second kappa shape index (κ2) is 6.60. The van der Waals surface area contributed by atoms with E-state index < -0.39 is 0 Å². The summed E-state index contributed by atoms with van der Waals surface area (Å²) in [6.07, 6.45) is 6.27. The van der Waals surface area contributed by atoms with Gasteiger partial charge in [0.25, 0.3) is 0 Å². The standard InChI is InChI=1S/C17H21N5O/c1-2-7-18-15(3-1)20-16-6-8-19-17(21-16)14-12-23-10-9-22(14)11-13-4-5-13/h1-3,6-8,13-14H,4-5,9-12H2,(H,18,19,20,21)/t14-/m0/s1. The summed E-state index contributed by atoms with van der Waals surface area (Å²) in [6, 6.07) is 7.78. The number of ether oxygens (including phenoxy) is 1. The van der Waals surface area contributed by atoms with E-state index in [0.717, 1.165) is 43.1 Å². The molecule has 0 aromatic carbocycles. The van der Waals surface area contributed by atoms with E-state index in [1.807, 2.05) is 24.3 Å². The zero-order valence-electron chi connectivity index (χ0n) is 13.1. The van der Waals surface area contributed by atoms with Crippen molar-refractivity contribution in [3.63, 3.8) is 0 Å². The van der Waals surface area contributed by atoms with E-state index in [0.29, 0.717) is 6.61 Å². The second-order valence-corrected chi connectivity index (χ2v) is 6.17. The molecule has 1 aliphatic heterocycles. The molecular weight excluding hydrogens is 290 g/mol. The molecule has 4 rings (SSSR count). The van der Waals surface area contributed by atoms with Crippen molar-refractivity contribution in [3.05, 3.63) is 42.5 Å². The van der Waals surface area contributed by atoms with Gasteiger partial charge in [0.15, 0.2) is 0 Å². The molecule has 1 aliphatic carbocycles. The molecule has 1 atom stereocenters. The number of morpholine rings is 1. The van der Waals surface area contributed by atoms with Crippen molar-refractivity contribution in [2.24, 2.45) is 5.92 Å². The maximum Gasteiger partial charge on any atom is 0.150 e. The quantitative estimate of drug-likeness (QED) is 0.915. The highest BCUT2D eigenvalue weighted by molar-refractivity contribution is 5.50. The zero-order valence-corrected chi connectivity index (χ0v) is 13.1. The molecule has 0 unspecified atom stereocenters. The summed E-state index contributed by atoms with van der Waals surface area (Å²) in [5, 5.41) is 3.23. The van der Waals surface area contributed by atoms with Gasteiger partial charge in [0, 0.05) is 25.5 Å². The van der Waals surface area contributed by atoms with Gasteiger partial charge in [-0.1, -0.05) is 6.07 Å². The van der Waals surface area contributed by atoms with Crippen LogP contribution in [0.3, 0.4) is 0 Å². The topological polar surface area (TPSA) is 63.2 Å². The highest BCUT2D eigenvalue weighted by atomic mass is 16.5. The third-order valence-electron chi connectivity index (χ3n) is 4.32. The first-order chi connectivity index (χ1) is 11.4. The lowest BCUT2D eigenvalue weighted by molar-refractivity contribution is -0.0137. The van der Waals surface area contributed by atoms with Crippen LogP contribution in [0.1, 0.15) is 24.7 Å². The van der Waals surface area contributed by atoms with Crippen LogP contribution < -0.4 is 5.32 Å². The summed E-state index contributed by atoms with van der Waals surface area (Å²) < 4.78 is 5.67. The van der Waals surface area contributed by atoms with Gasteiger partial charge in [-0.3, -0.25) is 4.90 Å². The molecule has 2 aromatic rings. The Labute approximate surface area is 135 Å². The average molecular weight is 311 g/mol. The van der Waals surface area contributed by atoms with Crippen LogP contribution in [-0.2, 0) is 4.74 Å². The van der Waals surface area contributed by atoms with Gasteiger partial charge in [-0.25, -0.2) is 15.0 Å². The van der Waals surface area contributed by atoms with Crippen molar-refractivity contribution in [2.75, 3.05) is 31.6 Å². The number of nitrogens with zero attached hydrogens (tertiary/aromatic N) is 4. The molecule has 1 saturated heterocycles. The Bertz CT molecular complexity index is 646. The van der Waals surface area contributed by atoms with Crippen LogP contribution in [0.15, 0.2) is 36.7 Å². The molecule has 0 bridgehead atoms. The van der Waals surface area contributed by atoms with Crippen LogP contribution in [0.4, 0.5) is 11.6 Å². The van der Waals surface area contributed by atoms with E-state index in [4.69, 9.17) is 4.74 Å². The largest absolute Gasteiger partial charge is 0.378 e. The minimum absolute atomic E-state index is 0.148. The first kappa shape index (κ1) is 14.5. The van der Waals surface area contributed by atoms with Gasteiger partial charge in [0.2, 0.25) is 0 Å². The van der Waals surface area contributed by atoms with Crippen molar-refractivity contribution in [3.8, 4) is 0 Å². The summed E-state index contributed by atoms with van der Waals surface area (Å²) in [6.45, 7) is 3.56. The highest BCUT2D eigenvalue weighted by Gasteiger charge is 2.32. The van der Waals surface area contributed by atoms with Crippen molar-refractivity contribution < 1.29 is 4.74 Å². The number of rotatable bonds is 5. The fourth-order valence-corrected chi connectivity index (χ4v) is 2.90. The Kier molecular flexibility index (Phi) is 4.17. The molecule has 3 heterocycles. The van der Waals surface area contributed by atoms with Gasteiger partial charge >= 0.3 is 0 Å². The van der Waals surface area contributed by atoms with Crippen LogP contribution in [0.5, 0.6) is 0 Å². The average Bonchev–Trinajstić information content (AvgIpc) is 3.41. The minimum atomic E-state index is 0.148. The van der Waals surface area contributed by atoms with Crippen molar-refractivity contribution in [1.82, 2.24) is 19.9 Å². The molecule has 0 spiro atoms. The van der Waals surface area contributed by atoms with Gasteiger partial charge in [-0.15, -0.1) is 0 Å². The van der Waals surface area contributed by atoms with Crippen molar-refractivity contribution in [1.29, 1.82) is 0 Å². The molecule has 0 radical (unpaired) electrons. The molecule has 1 saturated carbocycles. The first-order valence-electron chi connectivity index (χ1n) is 8.21. The predicted octanol–water partition coefficient (Wildman–Crippen LogP) is 2.40. The molecule has 1 N–H and O–H groups in total. The molecular formula is C17H21N5O. The zero-order chi connectivity index (χ0) is 15.5. The van der Waals surface area contributed by atoms with Crippen LogP contribution in [0.25, 0.3) is 0 Å². The van der Waals surface area contributed by atoms with Crippen LogP contribution in [-0.4, -0.2) is 46.2 Å². The maximum absolute atomic E-state index is 5.67. The first-order valence-corrected chi connectivity index (χ1v) is 8.21. The van der Waals surface area contributed by atoms with E-state index in [2.05, 4.69) is 25.2 Å². The Morgan fingerprint density at radius 2 is 2.09 bits per heavy atom. The highest BCUT2D eigenvalue weighted by Crippen LogP contribution is 2.33. The third kappa shape index (κ3) is 3.65. The lowest BCUT2D eigenvalue weighted by atomic mass is 10.2. The van der Waals surface area contributed by atoms with Crippen LogP contribution in [0.2, 0.25) is 0 Å². The molecule has 2 aliphatic rings. The molecule has 6 heteroatoms. The summed E-state index contributed by atoms with van der Waals surface area (Å²) in [7, 11) is 0. The normalized spacial score (nSPS) is 22.0. The van der Waals surface area contributed by atoms with Crippen LogP contribution >= 0.6 is 0 Å². The Hall–Kier alpha value is -2.05. The Morgan fingerprint density at radius 1 is 1.13 bits per heavy atom. The lowest BCUT2D eigenvalue weighted by Crippen LogP contribution is -2.41. The Balaban J connectivity index is 1.52.